The van der Waals surface area contributed by atoms with Crippen LogP contribution >= 0.6 is 0 Å². The second-order valence-electron chi connectivity index (χ2n) is 5.22. The Kier molecular flexibility index (Phi) is 4.62. The number of nitrogens with zero attached hydrogens (tertiary/aromatic N) is 1. The van der Waals surface area contributed by atoms with Crippen LogP contribution in [0.2, 0.25) is 0 Å². The molecule has 2 unspecified atom stereocenters. The molecule has 0 aromatic carbocycles. The highest BCUT2D eigenvalue weighted by Crippen LogP contribution is 2.21. The average molecular weight is 226 g/mol. The topological polar surface area (TPSA) is 24.5 Å². The van der Waals surface area contributed by atoms with Crippen molar-refractivity contribution in [3.05, 3.63) is 0 Å². The molecule has 0 amide bonds. The third kappa shape index (κ3) is 3.19. The summed E-state index contributed by atoms with van der Waals surface area (Å²) in [6, 6.07) is 1.52. The largest absolute Gasteiger partial charge is 0.378 e. The van der Waals surface area contributed by atoms with Crippen LogP contribution in [0.25, 0.3) is 0 Å². The van der Waals surface area contributed by atoms with Gasteiger partial charge in [0.2, 0.25) is 0 Å². The Morgan fingerprint density at radius 1 is 1.25 bits per heavy atom. The van der Waals surface area contributed by atoms with Gasteiger partial charge in [0, 0.05) is 31.8 Å². The molecule has 2 heterocycles. The molecule has 2 aliphatic rings. The molecule has 2 saturated heterocycles. The van der Waals surface area contributed by atoms with Crippen molar-refractivity contribution in [3.8, 4) is 0 Å². The van der Waals surface area contributed by atoms with Gasteiger partial charge in [0.25, 0.3) is 0 Å². The summed E-state index contributed by atoms with van der Waals surface area (Å²) >= 11 is 0. The van der Waals surface area contributed by atoms with Gasteiger partial charge < -0.3 is 15.0 Å². The van der Waals surface area contributed by atoms with Crippen LogP contribution in [0.4, 0.5) is 0 Å². The number of ether oxygens (including phenoxy) is 1. The molecule has 0 radical (unpaired) electrons. The van der Waals surface area contributed by atoms with Crippen LogP contribution in [0.15, 0.2) is 0 Å². The van der Waals surface area contributed by atoms with Crippen molar-refractivity contribution in [2.45, 2.75) is 57.7 Å². The molecule has 0 bridgehead atoms. The molecule has 94 valence electrons. The van der Waals surface area contributed by atoms with Crippen LogP contribution in [0, 0.1) is 0 Å². The maximum atomic E-state index is 5.70. The summed E-state index contributed by atoms with van der Waals surface area (Å²) in [5.74, 6) is 0. The predicted octanol–water partition coefficient (Wildman–Crippen LogP) is 1.63. The van der Waals surface area contributed by atoms with E-state index in [9.17, 15) is 0 Å². The van der Waals surface area contributed by atoms with E-state index in [1.54, 1.807) is 0 Å². The first-order valence-corrected chi connectivity index (χ1v) is 6.88. The second kappa shape index (κ2) is 5.99. The fraction of sp³-hybridized carbons (Fsp3) is 1.00. The molecule has 3 nitrogen and oxygen atoms in total. The quantitative estimate of drug-likeness (QED) is 0.791. The van der Waals surface area contributed by atoms with Crippen LogP contribution in [0.5, 0.6) is 0 Å². The van der Waals surface area contributed by atoms with Crippen molar-refractivity contribution in [2.24, 2.45) is 0 Å². The fourth-order valence-corrected chi connectivity index (χ4v) is 3.08. The molecule has 2 atom stereocenters. The zero-order chi connectivity index (χ0) is 11.4. The molecule has 2 aliphatic heterocycles. The lowest BCUT2D eigenvalue weighted by Gasteiger charge is -2.40. The van der Waals surface area contributed by atoms with Crippen LogP contribution in [-0.2, 0) is 4.74 Å². The van der Waals surface area contributed by atoms with Gasteiger partial charge in [0.15, 0.2) is 0 Å². The van der Waals surface area contributed by atoms with Crippen LogP contribution in [-0.4, -0.2) is 49.3 Å². The van der Waals surface area contributed by atoms with E-state index >= 15 is 0 Å². The number of hydrogen-bond acceptors (Lipinski definition) is 3. The Labute approximate surface area is 99.5 Å². The second-order valence-corrected chi connectivity index (χ2v) is 5.22. The van der Waals surface area contributed by atoms with E-state index in [1.807, 2.05) is 0 Å². The molecule has 0 spiro atoms. The van der Waals surface area contributed by atoms with Crippen molar-refractivity contribution in [3.63, 3.8) is 0 Å². The maximum Gasteiger partial charge on any atom is 0.0599 e. The Hall–Kier alpha value is -0.120. The smallest absolute Gasteiger partial charge is 0.0599 e. The van der Waals surface area contributed by atoms with Crippen molar-refractivity contribution >= 4 is 0 Å². The minimum absolute atomic E-state index is 0.528. The lowest BCUT2D eigenvalue weighted by molar-refractivity contribution is -0.00116. The predicted molar refractivity (Wildman–Crippen MR) is 66.7 cm³/mol. The highest BCUT2D eigenvalue weighted by Gasteiger charge is 2.28. The highest BCUT2D eigenvalue weighted by molar-refractivity contribution is 4.85. The minimum atomic E-state index is 0.528. The third-order valence-corrected chi connectivity index (χ3v) is 3.99. The number of piperidine rings is 2. The Morgan fingerprint density at radius 2 is 2.00 bits per heavy atom. The van der Waals surface area contributed by atoms with Crippen LogP contribution in [0.1, 0.15) is 39.5 Å². The molecule has 0 aliphatic carbocycles. The van der Waals surface area contributed by atoms with E-state index < -0.39 is 0 Å². The molecule has 0 aromatic rings. The normalized spacial score (nSPS) is 34.1. The van der Waals surface area contributed by atoms with E-state index in [0.717, 1.165) is 12.6 Å². The van der Waals surface area contributed by atoms with Gasteiger partial charge in [-0.3, -0.25) is 0 Å². The number of hydrogen-bond donors (Lipinski definition) is 1. The summed E-state index contributed by atoms with van der Waals surface area (Å²) in [6.45, 7) is 8.94. The standard InChI is InChI=1S/C13H26N2O/c1-3-16-13-5-8-15(9-6-13)12-4-7-14-11(2)10-12/h11-14H,3-10H2,1-2H3. The van der Waals surface area contributed by atoms with E-state index in [4.69, 9.17) is 4.74 Å². The minimum Gasteiger partial charge on any atom is -0.378 e. The van der Waals surface area contributed by atoms with Crippen molar-refractivity contribution in [1.82, 2.24) is 10.2 Å². The number of rotatable bonds is 3. The SMILES string of the molecule is CCOC1CCN(C2CCNC(C)C2)CC1. The van der Waals surface area contributed by atoms with Gasteiger partial charge in [0.1, 0.15) is 0 Å². The molecular weight excluding hydrogens is 200 g/mol. The molecule has 2 fully saturated rings. The van der Waals surface area contributed by atoms with Gasteiger partial charge in [0.05, 0.1) is 6.10 Å². The lowest BCUT2D eigenvalue weighted by Crippen LogP contribution is -2.50. The lowest BCUT2D eigenvalue weighted by atomic mass is 9.96. The summed E-state index contributed by atoms with van der Waals surface area (Å²) in [7, 11) is 0. The zero-order valence-electron chi connectivity index (χ0n) is 10.7. The van der Waals surface area contributed by atoms with Gasteiger partial charge in [-0.1, -0.05) is 0 Å². The van der Waals surface area contributed by atoms with Gasteiger partial charge in [-0.05, 0) is 46.1 Å². The van der Waals surface area contributed by atoms with Crippen LogP contribution in [0.3, 0.4) is 0 Å². The van der Waals surface area contributed by atoms with E-state index in [2.05, 4.69) is 24.1 Å². The number of nitrogens with one attached hydrogen (secondary N) is 1. The van der Waals surface area contributed by atoms with E-state index in [-0.39, 0.29) is 0 Å². The van der Waals surface area contributed by atoms with Crippen molar-refractivity contribution in [1.29, 1.82) is 0 Å². The molecule has 0 saturated carbocycles. The molecule has 0 aromatic heterocycles. The molecule has 1 N–H and O–H groups in total. The zero-order valence-corrected chi connectivity index (χ0v) is 10.7. The summed E-state index contributed by atoms with van der Waals surface area (Å²) in [6.07, 6.45) is 5.63. The van der Waals surface area contributed by atoms with Gasteiger partial charge in [-0.15, -0.1) is 0 Å². The van der Waals surface area contributed by atoms with E-state index in [0.29, 0.717) is 12.1 Å². The Bertz CT molecular complexity index is 202. The molecular formula is C13H26N2O. The Balaban J connectivity index is 1.75. The van der Waals surface area contributed by atoms with Crippen LogP contribution < -0.4 is 5.32 Å². The van der Waals surface area contributed by atoms with Crippen molar-refractivity contribution in [2.75, 3.05) is 26.2 Å². The first-order chi connectivity index (χ1) is 7.79. The van der Waals surface area contributed by atoms with Gasteiger partial charge in [-0.25, -0.2) is 0 Å². The summed E-state index contributed by atoms with van der Waals surface area (Å²) in [5, 5.41) is 3.53. The van der Waals surface area contributed by atoms with Gasteiger partial charge >= 0.3 is 0 Å². The molecule has 2 rings (SSSR count). The van der Waals surface area contributed by atoms with E-state index in [1.165, 1.54) is 45.3 Å². The average Bonchev–Trinajstić information content (AvgIpc) is 2.30. The summed E-state index contributed by atoms with van der Waals surface area (Å²) in [4.78, 5) is 2.69. The summed E-state index contributed by atoms with van der Waals surface area (Å²) in [5.41, 5.74) is 0. The highest BCUT2D eigenvalue weighted by atomic mass is 16.5. The number of likely N-dealkylation sites (tertiary alicyclic amines) is 1. The first-order valence-electron chi connectivity index (χ1n) is 6.88. The molecule has 16 heavy (non-hydrogen) atoms. The monoisotopic (exact) mass is 226 g/mol. The molecule has 3 heteroatoms. The van der Waals surface area contributed by atoms with Crippen molar-refractivity contribution < 1.29 is 4.74 Å². The maximum absolute atomic E-state index is 5.70. The fourth-order valence-electron chi connectivity index (χ4n) is 3.08. The van der Waals surface area contributed by atoms with Gasteiger partial charge in [-0.2, -0.15) is 0 Å². The first kappa shape index (κ1) is 12.3. The summed E-state index contributed by atoms with van der Waals surface area (Å²) < 4.78 is 5.70. The third-order valence-electron chi connectivity index (χ3n) is 3.99. The Morgan fingerprint density at radius 3 is 2.62 bits per heavy atom.